The summed E-state index contributed by atoms with van der Waals surface area (Å²) in [5.74, 6) is 0.571. The van der Waals surface area contributed by atoms with E-state index < -0.39 is 0 Å². The highest BCUT2D eigenvalue weighted by Gasteiger charge is 2.10. The van der Waals surface area contributed by atoms with Crippen LogP contribution in [0, 0.1) is 13.8 Å². The van der Waals surface area contributed by atoms with Gasteiger partial charge in [-0.1, -0.05) is 42.1 Å². The van der Waals surface area contributed by atoms with Gasteiger partial charge in [-0.15, -0.1) is 0 Å². The van der Waals surface area contributed by atoms with Gasteiger partial charge in [0.05, 0.1) is 6.04 Å². The topological polar surface area (TPSA) is 68.6 Å². The standard InChI is InChI=1S/C21H22N2O2S/c1-13-9-18-17(11-20(24)25-19(18)10-14(13)2)12-26-21(22)23-15(3)16-7-5-4-6-8-16/h4-11,15H,12H2,1-3H3,(H2,22,23)/t15-/m1/s1. The van der Waals surface area contributed by atoms with Crippen LogP contribution in [0.1, 0.15) is 35.2 Å². The molecule has 0 amide bonds. The molecule has 5 heteroatoms. The first-order chi connectivity index (χ1) is 12.4. The quantitative estimate of drug-likeness (QED) is 0.412. The van der Waals surface area contributed by atoms with Crippen LogP contribution in [0.25, 0.3) is 11.0 Å². The van der Waals surface area contributed by atoms with E-state index in [9.17, 15) is 4.79 Å². The molecule has 2 aromatic carbocycles. The van der Waals surface area contributed by atoms with E-state index in [-0.39, 0.29) is 11.7 Å². The van der Waals surface area contributed by atoms with Crippen LogP contribution >= 0.6 is 11.8 Å². The summed E-state index contributed by atoms with van der Waals surface area (Å²) in [4.78, 5) is 16.4. The van der Waals surface area contributed by atoms with E-state index in [4.69, 9.17) is 10.2 Å². The predicted octanol–water partition coefficient (Wildman–Crippen LogP) is 4.72. The zero-order chi connectivity index (χ0) is 18.7. The summed E-state index contributed by atoms with van der Waals surface area (Å²) < 4.78 is 5.34. The average Bonchev–Trinajstić information content (AvgIpc) is 2.62. The van der Waals surface area contributed by atoms with Gasteiger partial charge in [-0.2, -0.15) is 0 Å². The molecule has 1 atom stereocenters. The van der Waals surface area contributed by atoms with Gasteiger partial charge in [0, 0.05) is 17.2 Å². The molecule has 3 aromatic rings. The first-order valence-electron chi connectivity index (χ1n) is 8.49. The Balaban J connectivity index is 1.82. The molecule has 2 N–H and O–H groups in total. The maximum absolute atomic E-state index is 11.9. The molecule has 0 radical (unpaired) electrons. The summed E-state index contributed by atoms with van der Waals surface area (Å²) in [5.41, 5.74) is 10.7. The lowest BCUT2D eigenvalue weighted by molar-refractivity contribution is 0.559. The van der Waals surface area contributed by atoms with Crippen molar-refractivity contribution in [1.29, 1.82) is 0 Å². The van der Waals surface area contributed by atoms with Crippen LogP contribution in [0.5, 0.6) is 0 Å². The zero-order valence-electron chi connectivity index (χ0n) is 15.2. The van der Waals surface area contributed by atoms with Crippen molar-refractivity contribution in [3.63, 3.8) is 0 Å². The van der Waals surface area contributed by atoms with E-state index in [0.717, 1.165) is 27.6 Å². The average molecular weight is 366 g/mol. The largest absolute Gasteiger partial charge is 0.423 e. The lowest BCUT2D eigenvalue weighted by atomic mass is 10.0. The van der Waals surface area contributed by atoms with Gasteiger partial charge < -0.3 is 10.2 Å². The minimum absolute atomic E-state index is 0.00817. The number of nitrogens with zero attached hydrogens (tertiary/aromatic N) is 1. The maximum atomic E-state index is 11.9. The van der Waals surface area contributed by atoms with E-state index >= 15 is 0 Å². The molecule has 0 spiro atoms. The van der Waals surface area contributed by atoms with Gasteiger partial charge in [-0.05, 0) is 55.2 Å². The maximum Gasteiger partial charge on any atom is 0.336 e. The molecule has 0 saturated heterocycles. The van der Waals surface area contributed by atoms with E-state index in [2.05, 4.69) is 11.1 Å². The molecule has 0 unspecified atom stereocenters. The number of aliphatic imine (C=N–C) groups is 1. The SMILES string of the molecule is Cc1cc2oc(=O)cc(CSC(N)=N[C@H](C)c3ccccc3)c2cc1C. The second-order valence-corrected chi connectivity index (χ2v) is 7.36. The second-order valence-electron chi connectivity index (χ2n) is 6.37. The lowest BCUT2D eigenvalue weighted by Crippen LogP contribution is -2.09. The fourth-order valence-corrected chi connectivity index (χ4v) is 3.56. The highest BCUT2D eigenvalue weighted by Crippen LogP contribution is 2.25. The Morgan fingerprint density at radius 2 is 1.85 bits per heavy atom. The van der Waals surface area contributed by atoms with E-state index in [1.165, 1.54) is 17.8 Å². The Kier molecular flexibility index (Phi) is 5.47. The monoisotopic (exact) mass is 366 g/mol. The first kappa shape index (κ1) is 18.3. The third-order valence-corrected chi connectivity index (χ3v) is 5.28. The minimum atomic E-state index is -0.343. The van der Waals surface area contributed by atoms with Crippen LogP contribution in [0.4, 0.5) is 0 Å². The second kappa shape index (κ2) is 7.79. The number of aryl methyl sites for hydroxylation is 2. The molecule has 3 rings (SSSR count). The molecule has 0 saturated carbocycles. The van der Waals surface area contributed by atoms with Crippen molar-refractivity contribution in [1.82, 2.24) is 0 Å². The third kappa shape index (κ3) is 4.17. The van der Waals surface area contributed by atoms with Gasteiger partial charge in [-0.25, -0.2) is 4.79 Å². The number of thioether (sulfide) groups is 1. The minimum Gasteiger partial charge on any atom is -0.423 e. The van der Waals surface area contributed by atoms with Crippen LogP contribution in [0.3, 0.4) is 0 Å². The van der Waals surface area contributed by atoms with Crippen molar-refractivity contribution in [3.8, 4) is 0 Å². The molecule has 0 aliphatic carbocycles. The third-order valence-electron chi connectivity index (χ3n) is 4.42. The smallest absolute Gasteiger partial charge is 0.336 e. The number of fused-ring (bicyclic) bond motifs is 1. The Morgan fingerprint density at radius 1 is 1.15 bits per heavy atom. The summed E-state index contributed by atoms with van der Waals surface area (Å²) in [6, 6.07) is 15.5. The van der Waals surface area contributed by atoms with Crippen molar-refractivity contribution in [2.24, 2.45) is 10.7 Å². The van der Waals surface area contributed by atoms with E-state index in [1.807, 2.05) is 57.2 Å². The summed E-state index contributed by atoms with van der Waals surface area (Å²) in [6.45, 7) is 6.07. The Bertz CT molecular complexity index is 1010. The number of nitrogens with two attached hydrogens (primary N) is 1. The van der Waals surface area contributed by atoms with Crippen LogP contribution in [0.2, 0.25) is 0 Å². The Hall–Kier alpha value is -2.53. The van der Waals surface area contributed by atoms with Gasteiger partial charge >= 0.3 is 5.63 Å². The van der Waals surface area contributed by atoms with Crippen molar-refractivity contribution in [3.05, 3.63) is 81.2 Å². The van der Waals surface area contributed by atoms with Gasteiger partial charge in [0.1, 0.15) is 5.58 Å². The van der Waals surface area contributed by atoms with Crippen LogP contribution in [0.15, 0.2) is 62.7 Å². The van der Waals surface area contributed by atoms with Gasteiger partial charge in [-0.3, -0.25) is 4.99 Å². The fourth-order valence-electron chi connectivity index (χ4n) is 2.79. The van der Waals surface area contributed by atoms with Crippen LogP contribution < -0.4 is 11.4 Å². The Morgan fingerprint density at radius 3 is 2.58 bits per heavy atom. The van der Waals surface area contributed by atoms with Crippen LogP contribution in [-0.4, -0.2) is 5.17 Å². The molecule has 1 aromatic heterocycles. The molecule has 4 nitrogen and oxygen atoms in total. The number of hydrogen-bond acceptors (Lipinski definition) is 4. The number of hydrogen-bond donors (Lipinski definition) is 1. The first-order valence-corrected chi connectivity index (χ1v) is 9.47. The molecule has 26 heavy (non-hydrogen) atoms. The molecule has 0 aliphatic heterocycles. The number of rotatable bonds is 4. The zero-order valence-corrected chi connectivity index (χ0v) is 16.0. The lowest BCUT2D eigenvalue weighted by Gasteiger charge is -2.10. The van der Waals surface area contributed by atoms with Gasteiger partial charge in [0.25, 0.3) is 0 Å². The molecule has 1 heterocycles. The van der Waals surface area contributed by atoms with Crippen molar-refractivity contribution in [2.45, 2.75) is 32.6 Å². The molecule has 0 fully saturated rings. The van der Waals surface area contributed by atoms with E-state index in [0.29, 0.717) is 16.5 Å². The van der Waals surface area contributed by atoms with Crippen molar-refractivity contribution >= 4 is 27.9 Å². The van der Waals surface area contributed by atoms with E-state index in [1.54, 1.807) is 0 Å². The van der Waals surface area contributed by atoms with Crippen molar-refractivity contribution in [2.75, 3.05) is 0 Å². The summed E-state index contributed by atoms with van der Waals surface area (Å²) in [6.07, 6.45) is 0. The predicted molar refractivity (Wildman–Crippen MR) is 110 cm³/mol. The van der Waals surface area contributed by atoms with Gasteiger partial charge in [0.15, 0.2) is 5.17 Å². The van der Waals surface area contributed by atoms with Crippen LogP contribution in [-0.2, 0) is 5.75 Å². The highest BCUT2D eigenvalue weighted by molar-refractivity contribution is 8.13. The van der Waals surface area contributed by atoms with Gasteiger partial charge in [0.2, 0.25) is 0 Å². The molecular formula is C21H22N2O2S. The number of benzene rings is 2. The molecule has 0 bridgehead atoms. The summed E-state index contributed by atoms with van der Waals surface area (Å²) in [7, 11) is 0. The molecule has 0 aliphatic rings. The Labute approximate surface area is 157 Å². The summed E-state index contributed by atoms with van der Waals surface area (Å²) in [5, 5.41) is 1.45. The van der Waals surface area contributed by atoms with Crippen molar-refractivity contribution < 1.29 is 4.42 Å². The fraction of sp³-hybridized carbons (Fsp3) is 0.238. The molecule has 134 valence electrons. The summed E-state index contributed by atoms with van der Waals surface area (Å²) >= 11 is 1.43. The number of amidine groups is 1. The normalized spacial score (nSPS) is 13.1. The highest BCUT2D eigenvalue weighted by atomic mass is 32.2. The molecular weight excluding hydrogens is 344 g/mol.